The largest absolute Gasteiger partial charge is 0.397 e. The minimum Gasteiger partial charge on any atom is -0.395 e. The van der Waals surface area contributed by atoms with Gasteiger partial charge in [-0.1, -0.05) is 13.3 Å². The lowest BCUT2D eigenvalue weighted by molar-refractivity contribution is -0.122. The van der Waals surface area contributed by atoms with Gasteiger partial charge in [-0.25, -0.2) is 4.18 Å². The molecule has 12 heteroatoms. The van der Waals surface area contributed by atoms with Crippen LogP contribution in [0.1, 0.15) is 26.2 Å². The van der Waals surface area contributed by atoms with Gasteiger partial charge in [-0.3, -0.25) is 14.2 Å². The number of carbonyl (C=O) groups is 1. The van der Waals surface area contributed by atoms with Gasteiger partial charge in [0, 0.05) is 19.5 Å². The maximum absolute atomic E-state index is 11.8. The summed E-state index contributed by atoms with van der Waals surface area (Å²) in [7, 11) is -4.87. The predicted molar refractivity (Wildman–Crippen MR) is 89.4 cm³/mol. The van der Waals surface area contributed by atoms with Crippen LogP contribution in [-0.2, 0) is 19.4 Å². The number of aliphatic hydroxyl groups excluding tert-OH is 4. The lowest BCUT2D eigenvalue weighted by Gasteiger charge is -2.28. The van der Waals surface area contributed by atoms with E-state index in [1.807, 2.05) is 6.92 Å². The zero-order valence-electron chi connectivity index (χ0n) is 14.6. The highest BCUT2D eigenvalue weighted by Crippen LogP contribution is 2.20. The molecule has 6 N–H and O–H groups in total. The van der Waals surface area contributed by atoms with Crippen molar-refractivity contribution in [3.05, 3.63) is 0 Å². The summed E-state index contributed by atoms with van der Waals surface area (Å²) in [5, 5.41) is 41.6. The lowest BCUT2D eigenvalue weighted by atomic mass is 10.1. The number of amides is 1. The summed E-state index contributed by atoms with van der Waals surface area (Å²) < 4.78 is 34.4. The second-order valence-corrected chi connectivity index (χ2v) is 7.33. The standard InChI is InChI=1S/C14H28N2O9S/c1-2-3-4-13(20)15-9-5-16(10(7-17)14(9)21)6-11(19)12(8-18)25-26(22,23)24/h9-12,14,17-19,21H,2-8H2,1H3,(H,15,20)(H,22,23,24)/t9-,10-,11-,12+,14+/m1/s1. The Morgan fingerprint density at radius 1 is 1.38 bits per heavy atom. The van der Waals surface area contributed by atoms with Crippen molar-refractivity contribution in [2.75, 3.05) is 26.3 Å². The molecule has 0 saturated carbocycles. The minimum absolute atomic E-state index is 0.103. The molecule has 154 valence electrons. The van der Waals surface area contributed by atoms with E-state index in [1.165, 1.54) is 4.90 Å². The van der Waals surface area contributed by atoms with Gasteiger partial charge in [-0.2, -0.15) is 8.42 Å². The van der Waals surface area contributed by atoms with Crippen LogP contribution < -0.4 is 5.32 Å². The average molecular weight is 400 g/mol. The molecule has 11 nitrogen and oxygen atoms in total. The summed E-state index contributed by atoms with van der Waals surface area (Å²) in [5.41, 5.74) is 0. The number of hydrogen-bond acceptors (Lipinski definition) is 9. The van der Waals surface area contributed by atoms with Crippen LogP contribution in [0.5, 0.6) is 0 Å². The summed E-state index contributed by atoms with van der Waals surface area (Å²) in [6.07, 6.45) is -2.38. The highest BCUT2D eigenvalue weighted by atomic mass is 32.3. The van der Waals surface area contributed by atoms with Gasteiger partial charge < -0.3 is 25.7 Å². The molecule has 0 unspecified atom stereocenters. The molecule has 1 heterocycles. The fourth-order valence-corrected chi connectivity index (χ4v) is 3.39. The molecular formula is C14H28N2O9S. The second kappa shape index (κ2) is 10.5. The molecule has 0 aromatic rings. The number of rotatable bonds is 11. The van der Waals surface area contributed by atoms with Crippen LogP contribution in [0.3, 0.4) is 0 Å². The van der Waals surface area contributed by atoms with Crippen molar-refractivity contribution in [1.29, 1.82) is 0 Å². The van der Waals surface area contributed by atoms with Crippen LogP contribution in [-0.4, -0.2) is 101 Å². The number of hydrogen-bond donors (Lipinski definition) is 6. The summed E-state index contributed by atoms with van der Waals surface area (Å²) in [6, 6.07) is -1.47. The number of nitrogens with zero attached hydrogens (tertiary/aromatic N) is 1. The van der Waals surface area contributed by atoms with Gasteiger partial charge in [0.1, 0.15) is 6.10 Å². The molecule has 0 radical (unpaired) electrons. The quantitative estimate of drug-likeness (QED) is 0.199. The lowest BCUT2D eigenvalue weighted by Crippen LogP contribution is -2.47. The van der Waals surface area contributed by atoms with Gasteiger partial charge in [0.2, 0.25) is 5.91 Å². The Morgan fingerprint density at radius 3 is 2.54 bits per heavy atom. The molecule has 1 aliphatic rings. The predicted octanol–water partition coefficient (Wildman–Crippen LogP) is -2.76. The fourth-order valence-electron chi connectivity index (χ4n) is 2.89. The van der Waals surface area contributed by atoms with Gasteiger partial charge in [0.05, 0.1) is 37.5 Å². The molecule has 0 aromatic carbocycles. The van der Waals surface area contributed by atoms with Crippen molar-refractivity contribution in [3.63, 3.8) is 0 Å². The summed E-state index contributed by atoms with van der Waals surface area (Å²) >= 11 is 0. The number of aliphatic hydroxyl groups is 4. The van der Waals surface area contributed by atoms with Gasteiger partial charge in [0.25, 0.3) is 0 Å². The topological polar surface area (TPSA) is 177 Å². The Balaban J connectivity index is 2.71. The number of nitrogens with one attached hydrogen (secondary N) is 1. The average Bonchev–Trinajstić information content (AvgIpc) is 2.84. The van der Waals surface area contributed by atoms with Crippen molar-refractivity contribution in [2.45, 2.75) is 56.6 Å². The molecule has 0 aliphatic carbocycles. The van der Waals surface area contributed by atoms with E-state index in [0.29, 0.717) is 12.8 Å². The van der Waals surface area contributed by atoms with Crippen molar-refractivity contribution < 1.29 is 42.4 Å². The molecule has 26 heavy (non-hydrogen) atoms. The van der Waals surface area contributed by atoms with Gasteiger partial charge in [-0.15, -0.1) is 0 Å². The van der Waals surface area contributed by atoms with Crippen LogP contribution in [0, 0.1) is 0 Å². The molecule has 1 fully saturated rings. The Kier molecular flexibility index (Phi) is 9.33. The van der Waals surface area contributed by atoms with Crippen molar-refractivity contribution in [3.8, 4) is 0 Å². The first-order chi connectivity index (χ1) is 12.1. The van der Waals surface area contributed by atoms with Crippen LogP contribution in [0.15, 0.2) is 0 Å². The van der Waals surface area contributed by atoms with Crippen molar-refractivity contribution >= 4 is 16.3 Å². The van der Waals surface area contributed by atoms with Gasteiger partial charge in [-0.05, 0) is 6.42 Å². The molecule has 0 spiro atoms. The maximum atomic E-state index is 11.8. The molecular weight excluding hydrogens is 372 g/mol. The van der Waals surface area contributed by atoms with Crippen LogP contribution in [0.25, 0.3) is 0 Å². The zero-order valence-corrected chi connectivity index (χ0v) is 15.4. The molecule has 1 amide bonds. The zero-order chi connectivity index (χ0) is 19.9. The normalized spacial score (nSPS) is 26.6. The van der Waals surface area contributed by atoms with E-state index in [-0.39, 0.29) is 19.0 Å². The molecule has 1 aliphatic heterocycles. The van der Waals surface area contributed by atoms with Crippen LogP contribution in [0.2, 0.25) is 0 Å². The Hall–Kier alpha value is -0.860. The fraction of sp³-hybridized carbons (Fsp3) is 0.929. The highest BCUT2D eigenvalue weighted by Gasteiger charge is 2.42. The number of unbranched alkanes of at least 4 members (excludes halogenated alkanes) is 1. The monoisotopic (exact) mass is 400 g/mol. The first kappa shape index (κ1) is 23.2. The van der Waals surface area contributed by atoms with E-state index >= 15 is 0 Å². The highest BCUT2D eigenvalue weighted by molar-refractivity contribution is 7.80. The summed E-state index contributed by atoms with van der Waals surface area (Å²) in [6.45, 7) is 0.445. The summed E-state index contributed by atoms with van der Waals surface area (Å²) in [5.74, 6) is -0.238. The molecule has 0 aromatic heterocycles. The third-order valence-corrected chi connectivity index (χ3v) is 4.76. The van der Waals surface area contributed by atoms with Crippen molar-refractivity contribution in [1.82, 2.24) is 10.2 Å². The number of β-amino-alcohol motifs (C(OH)–C–C–N with tert-alkyl or cyclic N) is 1. The van der Waals surface area contributed by atoms with Gasteiger partial charge in [0.15, 0.2) is 0 Å². The van der Waals surface area contributed by atoms with Gasteiger partial charge >= 0.3 is 10.4 Å². The van der Waals surface area contributed by atoms with E-state index in [4.69, 9.17) is 9.66 Å². The smallest absolute Gasteiger partial charge is 0.395 e. The first-order valence-corrected chi connectivity index (χ1v) is 9.76. The molecule has 1 saturated heterocycles. The van der Waals surface area contributed by atoms with E-state index in [9.17, 15) is 28.5 Å². The molecule has 0 bridgehead atoms. The van der Waals surface area contributed by atoms with E-state index in [1.54, 1.807) is 0 Å². The SMILES string of the molecule is CCCCC(=O)N[C@@H]1CN(C[C@@H](O)[C@H](CO)OS(=O)(=O)O)[C@H](CO)[C@H]1O. The van der Waals surface area contributed by atoms with Crippen LogP contribution >= 0.6 is 0 Å². The van der Waals surface area contributed by atoms with E-state index < -0.39 is 54.0 Å². The third-order valence-electron chi connectivity index (χ3n) is 4.27. The van der Waals surface area contributed by atoms with Crippen LogP contribution in [0.4, 0.5) is 0 Å². The summed E-state index contributed by atoms with van der Waals surface area (Å²) in [4.78, 5) is 13.3. The Morgan fingerprint density at radius 2 is 2.04 bits per heavy atom. The van der Waals surface area contributed by atoms with E-state index in [2.05, 4.69) is 9.50 Å². The van der Waals surface area contributed by atoms with E-state index in [0.717, 1.165) is 6.42 Å². The second-order valence-electron chi connectivity index (χ2n) is 6.28. The Bertz CT molecular complexity index is 545. The molecule has 1 rings (SSSR count). The number of carbonyl (C=O) groups excluding carboxylic acids is 1. The first-order valence-electron chi connectivity index (χ1n) is 8.39. The number of likely N-dealkylation sites (tertiary alicyclic amines) is 1. The third kappa shape index (κ3) is 7.04. The van der Waals surface area contributed by atoms with Crippen molar-refractivity contribution in [2.24, 2.45) is 0 Å². The maximum Gasteiger partial charge on any atom is 0.397 e. The Labute approximate surface area is 152 Å². The molecule has 5 atom stereocenters. The minimum atomic E-state index is -4.87.